The molecule has 0 aliphatic rings. The van der Waals surface area contributed by atoms with Crippen molar-refractivity contribution in [2.24, 2.45) is 0 Å². The molecule has 2 aromatic heterocycles. The monoisotopic (exact) mass is 576 g/mol. The van der Waals surface area contributed by atoms with Crippen molar-refractivity contribution < 1.29 is 10.0 Å². The smallest absolute Gasteiger partial charge is 0.423 e. The van der Waals surface area contributed by atoms with Crippen molar-refractivity contribution >= 4 is 46.2 Å². The van der Waals surface area contributed by atoms with E-state index in [0.717, 1.165) is 55.8 Å². The van der Waals surface area contributed by atoms with E-state index in [1.807, 2.05) is 82.3 Å². The Morgan fingerprint density at radius 3 is 1.40 bits per heavy atom. The second-order valence-corrected chi connectivity index (χ2v) is 10.8. The summed E-state index contributed by atoms with van der Waals surface area (Å²) in [6.45, 7) is 12.0. The maximum absolute atomic E-state index is 8.83. The van der Waals surface area contributed by atoms with Gasteiger partial charge in [-0.25, -0.2) is 19.9 Å². The fourth-order valence-corrected chi connectivity index (χ4v) is 4.83. The molecule has 212 valence electrons. The SMILES string of the molecule is Cc1cc(C)cc(-c2nc3ccccc3nc2C)c1.Cc1cc(C)cc(B(O)O)c1.Cc1nc2ccccc2nc1Cl. The van der Waals surface area contributed by atoms with Gasteiger partial charge in [0.2, 0.25) is 0 Å². The van der Waals surface area contributed by atoms with Crippen molar-refractivity contribution in [3.05, 3.63) is 124 Å². The molecule has 0 saturated heterocycles. The van der Waals surface area contributed by atoms with Gasteiger partial charge in [-0.15, -0.1) is 0 Å². The maximum atomic E-state index is 8.83. The zero-order valence-corrected chi connectivity index (χ0v) is 25.5. The number of benzene rings is 4. The predicted molar refractivity (Wildman–Crippen MR) is 174 cm³/mol. The van der Waals surface area contributed by atoms with E-state index in [-0.39, 0.29) is 0 Å². The van der Waals surface area contributed by atoms with Crippen molar-refractivity contribution in [1.29, 1.82) is 0 Å². The summed E-state index contributed by atoms with van der Waals surface area (Å²) >= 11 is 5.81. The first-order chi connectivity index (χ1) is 20.0. The molecule has 42 heavy (non-hydrogen) atoms. The zero-order chi connectivity index (χ0) is 30.4. The molecule has 0 atom stereocenters. The normalized spacial score (nSPS) is 10.5. The minimum Gasteiger partial charge on any atom is -0.423 e. The van der Waals surface area contributed by atoms with Gasteiger partial charge in [0.15, 0.2) is 5.15 Å². The summed E-state index contributed by atoms with van der Waals surface area (Å²) in [4.78, 5) is 17.9. The number of fused-ring (bicyclic) bond motifs is 2. The van der Waals surface area contributed by atoms with Gasteiger partial charge in [0.05, 0.1) is 39.1 Å². The van der Waals surface area contributed by atoms with Crippen LogP contribution in [0.4, 0.5) is 0 Å². The van der Waals surface area contributed by atoms with Gasteiger partial charge in [-0.2, -0.15) is 0 Å². The minimum absolute atomic E-state index is 0.480. The average Bonchev–Trinajstić information content (AvgIpc) is 2.93. The van der Waals surface area contributed by atoms with E-state index in [1.54, 1.807) is 12.1 Å². The Bertz CT molecular complexity index is 1780. The molecule has 0 saturated carbocycles. The number of halogens is 1. The van der Waals surface area contributed by atoms with Crippen molar-refractivity contribution in [3.8, 4) is 11.3 Å². The van der Waals surface area contributed by atoms with Crippen LogP contribution in [0, 0.1) is 41.5 Å². The molecule has 0 spiro atoms. The average molecular weight is 577 g/mol. The van der Waals surface area contributed by atoms with Crippen LogP contribution in [0.25, 0.3) is 33.3 Å². The molecule has 6 rings (SSSR count). The first kappa shape index (κ1) is 30.8. The molecule has 0 bridgehead atoms. The Balaban J connectivity index is 0.000000153. The van der Waals surface area contributed by atoms with Crippen molar-refractivity contribution in [2.75, 3.05) is 0 Å². The lowest BCUT2D eigenvalue weighted by molar-refractivity contribution is 0.425. The lowest BCUT2D eigenvalue weighted by Gasteiger charge is -2.08. The molecule has 0 fully saturated rings. The van der Waals surface area contributed by atoms with Gasteiger partial charge < -0.3 is 10.0 Å². The van der Waals surface area contributed by atoms with Crippen LogP contribution >= 0.6 is 11.6 Å². The maximum Gasteiger partial charge on any atom is 0.488 e. The van der Waals surface area contributed by atoms with Crippen LogP contribution in [0.1, 0.15) is 33.6 Å². The molecular formula is C34H34BClN4O2. The number of para-hydroxylation sites is 4. The van der Waals surface area contributed by atoms with Crippen molar-refractivity contribution in [1.82, 2.24) is 19.9 Å². The van der Waals surface area contributed by atoms with E-state index < -0.39 is 7.12 Å². The first-order valence-electron chi connectivity index (χ1n) is 13.7. The van der Waals surface area contributed by atoms with Crippen LogP contribution in [0.5, 0.6) is 0 Å². The van der Waals surface area contributed by atoms with Gasteiger partial charge in [0, 0.05) is 5.56 Å². The molecule has 0 unspecified atom stereocenters. The van der Waals surface area contributed by atoms with Crippen molar-refractivity contribution in [3.63, 3.8) is 0 Å². The van der Waals surface area contributed by atoms with Gasteiger partial charge in [-0.3, -0.25) is 0 Å². The second kappa shape index (κ2) is 13.7. The summed E-state index contributed by atoms with van der Waals surface area (Å²) in [5, 5.41) is 18.1. The number of hydrogen-bond acceptors (Lipinski definition) is 6. The van der Waals surface area contributed by atoms with Crippen LogP contribution in [0.2, 0.25) is 5.15 Å². The van der Waals surface area contributed by atoms with Crippen molar-refractivity contribution in [2.45, 2.75) is 41.5 Å². The number of rotatable bonds is 2. The van der Waals surface area contributed by atoms with Crippen LogP contribution in [0.15, 0.2) is 84.9 Å². The highest BCUT2D eigenvalue weighted by atomic mass is 35.5. The third-order valence-corrected chi connectivity index (χ3v) is 6.83. The molecule has 0 radical (unpaired) electrons. The molecule has 0 aliphatic carbocycles. The van der Waals surface area contributed by atoms with Gasteiger partial charge >= 0.3 is 7.12 Å². The zero-order valence-electron chi connectivity index (χ0n) is 24.7. The largest absolute Gasteiger partial charge is 0.488 e. The highest BCUT2D eigenvalue weighted by Gasteiger charge is 2.11. The highest BCUT2D eigenvalue weighted by molar-refractivity contribution is 6.58. The van der Waals surface area contributed by atoms with Gasteiger partial charge in [0.25, 0.3) is 0 Å². The topological polar surface area (TPSA) is 92.0 Å². The molecule has 0 aliphatic heterocycles. The molecule has 8 heteroatoms. The second-order valence-electron chi connectivity index (χ2n) is 10.4. The lowest BCUT2D eigenvalue weighted by atomic mass is 9.79. The third-order valence-electron chi connectivity index (χ3n) is 6.47. The predicted octanol–water partition coefficient (Wildman–Crippen LogP) is 6.80. The van der Waals surface area contributed by atoms with Crippen LogP contribution in [-0.4, -0.2) is 37.1 Å². The standard InChI is InChI=1S/C17H16N2.C9H7ClN2.C8H11BO2/c1-11-8-12(2)10-14(9-11)17-13(3)18-15-6-4-5-7-16(15)19-17;1-6-9(10)12-8-5-3-2-4-7(8)11-6;1-6-3-7(2)5-8(4-6)9(10)11/h4-10H,1-3H3;2-5H,1H3;3-5,10-11H,1-2H3. The summed E-state index contributed by atoms with van der Waals surface area (Å²) in [5.41, 5.74) is 12.7. The molecule has 0 amide bonds. The summed E-state index contributed by atoms with van der Waals surface area (Å²) < 4.78 is 0. The third kappa shape index (κ3) is 7.98. The number of aromatic nitrogens is 4. The van der Waals surface area contributed by atoms with Gasteiger partial charge in [-0.1, -0.05) is 82.4 Å². The molecule has 6 nitrogen and oxygen atoms in total. The molecule has 6 aromatic rings. The van der Waals surface area contributed by atoms with E-state index in [1.165, 1.54) is 11.1 Å². The van der Waals surface area contributed by atoms with Crippen LogP contribution < -0.4 is 5.46 Å². The Hall–Kier alpha value is -4.17. The Morgan fingerprint density at radius 2 is 0.929 bits per heavy atom. The summed E-state index contributed by atoms with van der Waals surface area (Å²) in [6.07, 6.45) is 0. The quantitative estimate of drug-likeness (QED) is 0.220. The Morgan fingerprint density at radius 1 is 0.524 bits per heavy atom. The number of aryl methyl sites for hydroxylation is 6. The number of nitrogens with zero attached hydrogens (tertiary/aromatic N) is 4. The molecule has 4 aromatic carbocycles. The summed E-state index contributed by atoms with van der Waals surface area (Å²) in [5.74, 6) is 0. The van der Waals surface area contributed by atoms with Gasteiger partial charge in [-0.05, 0) is 83.4 Å². The van der Waals surface area contributed by atoms with Gasteiger partial charge in [0.1, 0.15) is 0 Å². The summed E-state index contributed by atoms with van der Waals surface area (Å²) in [6, 6.07) is 27.7. The Labute approximate surface area is 252 Å². The first-order valence-corrected chi connectivity index (χ1v) is 14.0. The molecule has 2 N–H and O–H groups in total. The minimum atomic E-state index is -1.35. The summed E-state index contributed by atoms with van der Waals surface area (Å²) in [7, 11) is -1.35. The fourth-order valence-electron chi connectivity index (χ4n) is 4.70. The van der Waals surface area contributed by atoms with E-state index in [4.69, 9.17) is 26.6 Å². The Kier molecular flexibility index (Phi) is 10.0. The van der Waals surface area contributed by atoms with E-state index in [0.29, 0.717) is 10.6 Å². The van der Waals surface area contributed by atoms with Crippen LogP contribution in [0.3, 0.4) is 0 Å². The fraction of sp³-hybridized carbons (Fsp3) is 0.176. The number of hydrogen-bond donors (Lipinski definition) is 2. The van der Waals surface area contributed by atoms with E-state index in [2.05, 4.69) is 47.0 Å². The van der Waals surface area contributed by atoms with E-state index in [9.17, 15) is 0 Å². The van der Waals surface area contributed by atoms with E-state index >= 15 is 0 Å². The lowest BCUT2D eigenvalue weighted by Crippen LogP contribution is -2.30. The highest BCUT2D eigenvalue weighted by Crippen LogP contribution is 2.25. The molecule has 2 heterocycles. The molecular weight excluding hydrogens is 543 g/mol. The van der Waals surface area contributed by atoms with Crippen LogP contribution in [-0.2, 0) is 0 Å².